The van der Waals surface area contributed by atoms with Crippen LogP contribution in [0.1, 0.15) is 13.3 Å². The van der Waals surface area contributed by atoms with Crippen LogP contribution in [0.3, 0.4) is 0 Å². The summed E-state index contributed by atoms with van der Waals surface area (Å²) in [6.45, 7) is 3.07. The zero-order chi connectivity index (χ0) is 14.5. The molecule has 0 saturated carbocycles. The fourth-order valence-corrected chi connectivity index (χ4v) is 1.68. The molecular formula is C12H20N8. The lowest BCUT2D eigenvalue weighted by Crippen LogP contribution is -2.24. The first-order chi connectivity index (χ1) is 9.54. The minimum absolute atomic E-state index is 0.186. The van der Waals surface area contributed by atoms with E-state index >= 15 is 0 Å². The van der Waals surface area contributed by atoms with Crippen molar-refractivity contribution in [3.8, 4) is 5.95 Å². The monoisotopic (exact) mass is 276 g/mol. The van der Waals surface area contributed by atoms with Crippen LogP contribution in [-0.2, 0) is 0 Å². The van der Waals surface area contributed by atoms with Gasteiger partial charge in [-0.3, -0.25) is 4.57 Å². The molecule has 2 heterocycles. The molecule has 0 spiro atoms. The van der Waals surface area contributed by atoms with Gasteiger partial charge < -0.3 is 16.0 Å². The van der Waals surface area contributed by atoms with Crippen molar-refractivity contribution in [3.05, 3.63) is 18.7 Å². The Bertz CT molecular complexity index is 536. The maximum Gasteiger partial charge on any atom is 0.241 e. The smallest absolute Gasteiger partial charge is 0.241 e. The van der Waals surface area contributed by atoms with E-state index in [4.69, 9.17) is 5.73 Å². The first kappa shape index (κ1) is 14.2. The second kappa shape index (κ2) is 6.29. The van der Waals surface area contributed by atoms with Crippen molar-refractivity contribution in [3.63, 3.8) is 0 Å². The van der Waals surface area contributed by atoms with Gasteiger partial charge in [0.1, 0.15) is 6.33 Å². The lowest BCUT2D eigenvalue weighted by molar-refractivity contribution is 0.390. The lowest BCUT2D eigenvalue weighted by atomic mass is 10.2. The Hall–Kier alpha value is -2.22. The third-order valence-electron chi connectivity index (χ3n) is 2.76. The van der Waals surface area contributed by atoms with Crippen molar-refractivity contribution in [1.29, 1.82) is 0 Å². The van der Waals surface area contributed by atoms with Gasteiger partial charge in [0.2, 0.25) is 17.8 Å². The Morgan fingerprint density at radius 1 is 1.35 bits per heavy atom. The molecule has 2 rings (SSSR count). The number of aromatic nitrogens is 5. The van der Waals surface area contributed by atoms with Gasteiger partial charge in [-0.25, -0.2) is 4.98 Å². The molecule has 0 aliphatic heterocycles. The standard InChI is InChI=1S/C12H20N8/c1-9(4-6-19(2)3)15-11-16-10(13)17-12(18-11)20-7-5-14-8-20/h5,7-9H,4,6H2,1-3H3,(H3,13,15,16,17,18). The van der Waals surface area contributed by atoms with Crippen LogP contribution in [0, 0.1) is 0 Å². The predicted octanol–water partition coefficient (Wildman–Crippen LogP) is 0.392. The molecule has 8 heteroatoms. The number of rotatable bonds is 6. The van der Waals surface area contributed by atoms with Crippen LogP contribution < -0.4 is 11.1 Å². The van der Waals surface area contributed by atoms with Gasteiger partial charge in [-0.15, -0.1) is 0 Å². The fourth-order valence-electron chi connectivity index (χ4n) is 1.68. The number of nitrogens with zero attached hydrogens (tertiary/aromatic N) is 6. The minimum atomic E-state index is 0.186. The fraction of sp³-hybridized carbons (Fsp3) is 0.500. The predicted molar refractivity (Wildman–Crippen MR) is 77.6 cm³/mol. The molecule has 0 aromatic carbocycles. The molecule has 0 radical (unpaired) electrons. The molecule has 0 amide bonds. The second-order valence-corrected chi connectivity index (χ2v) is 4.92. The highest BCUT2D eigenvalue weighted by Crippen LogP contribution is 2.09. The van der Waals surface area contributed by atoms with Gasteiger partial charge in [-0.2, -0.15) is 15.0 Å². The maximum absolute atomic E-state index is 5.72. The maximum atomic E-state index is 5.72. The van der Waals surface area contributed by atoms with Crippen molar-refractivity contribution in [2.45, 2.75) is 19.4 Å². The summed E-state index contributed by atoms with van der Waals surface area (Å²) in [5.41, 5.74) is 5.72. The molecule has 1 atom stereocenters. The van der Waals surface area contributed by atoms with E-state index in [1.165, 1.54) is 0 Å². The third-order valence-corrected chi connectivity index (χ3v) is 2.76. The zero-order valence-electron chi connectivity index (χ0n) is 12.0. The number of imidazole rings is 1. The van der Waals surface area contributed by atoms with E-state index < -0.39 is 0 Å². The van der Waals surface area contributed by atoms with Gasteiger partial charge in [-0.05, 0) is 34.0 Å². The number of hydrogen-bond acceptors (Lipinski definition) is 7. The highest BCUT2D eigenvalue weighted by atomic mass is 15.3. The van der Waals surface area contributed by atoms with Crippen molar-refractivity contribution in [2.75, 3.05) is 31.7 Å². The molecule has 2 aromatic rings. The highest BCUT2D eigenvalue weighted by molar-refractivity contribution is 5.35. The number of hydrogen-bond donors (Lipinski definition) is 2. The van der Waals surface area contributed by atoms with Gasteiger partial charge in [0.15, 0.2) is 0 Å². The van der Waals surface area contributed by atoms with E-state index in [0.717, 1.165) is 13.0 Å². The van der Waals surface area contributed by atoms with Crippen LogP contribution in [0.5, 0.6) is 0 Å². The quantitative estimate of drug-likeness (QED) is 0.787. The summed E-state index contributed by atoms with van der Waals surface area (Å²) in [6, 6.07) is 0.245. The van der Waals surface area contributed by atoms with Crippen LogP contribution in [0.15, 0.2) is 18.7 Å². The first-order valence-corrected chi connectivity index (χ1v) is 6.45. The van der Waals surface area contributed by atoms with Crippen LogP contribution >= 0.6 is 0 Å². The van der Waals surface area contributed by atoms with Crippen molar-refractivity contribution in [1.82, 2.24) is 29.4 Å². The molecule has 0 aliphatic carbocycles. The van der Waals surface area contributed by atoms with E-state index in [9.17, 15) is 0 Å². The van der Waals surface area contributed by atoms with E-state index in [0.29, 0.717) is 11.9 Å². The summed E-state index contributed by atoms with van der Waals surface area (Å²) in [5, 5.41) is 3.24. The summed E-state index contributed by atoms with van der Waals surface area (Å²) in [6.07, 6.45) is 6.02. The van der Waals surface area contributed by atoms with Gasteiger partial charge in [0.25, 0.3) is 0 Å². The molecule has 108 valence electrons. The second-order valence-electron chi connectivity index (χ2n) is 4.92. The molecule has 20 heavy (non-hydrogen) atoms. The van der Waals surface area contributed by atoms with E-state index in [1.807, 2.05) is 14.1 Å². The summed E-state index contributed by atoms with van der Waals surface area (Å²) in [5.74, 6) is 1.12. The van der Waals surface area contributed by atoms with Gasteiger partial charge in [0.05, 0.1) is 0 Å². The summed E-state index contributed by atoms with van der Waals surface area (Å²) >= 11 is 0. The lowest BCUT2D eigenvalue weighted by Gasteiger charge is -2.17. The average molecular weight is 276 g/mol. The molecule has 0 aliphatic rings. The molecule has 0 bridgehead atoms. The number of anilines is 2. The van der Waals surface area contributed by atoms with Crippen molar-refractivity contribution < 1.29 is 0 Å². The summed E-state index contributed by atoms with van der Waals surface area (Å²) < 4.78 is 1.69. The average Bonchev–Trinajstić information content (AvgIpc) is 2.89. The van der Waals surface area contributed by atoms with Gasteiger partial charge >= 0.3 is 0 Å². The van der Waals surface area contributed by atoms with Crippen LogP contribution in [-0.4, -0.2) is 56.1 Å². The van der Waals surface area contributed by atoms with Gasteiger partial charge in [-0.1, -0.05) is 0 Å². The van der Waals surface area contributed by atoms with E-state index in [2.05, 4.69) is 37.1 Å². The molecule has 2 aromatic heterocycles. The minimum Gasteiger partial charge on any atom is -0.368 e. The van der Waals surface area contributed by atoms with Crippen molar-refractivity contribution in [2.24, 2.45) is 0 Å². The van der Waals surface area contributed by atoms with E-state index in [-0.39, 0.29) is 12.0 Å². The third kappa shape index (κ3) is 3.89. The Labute approximate surface area is 118 Å². The Kier molecular flexibility index (Phi) is 4.46. The summed E-state index contributed by atoms with van der Waals surface area (Å²) in [7, 11) is 4.09. The van der Waals surface area contributed by atoms with Crippen LogP contribution in [0.25, 0.3) is 5.95 Å². The molecule has 0 fully saturated rings. The topological polar surface area (TPSA) is 97.8 Å². The molecule has 3 N–H and O–H groups in total. The molecule has 1 unspecified atom stereocenters. The zero-order valence-corrected chi connectivity index (χ0v) is 12.0. The van der Waals surface area contributed by atoms with E-state index in [1.54, 1.807) is 23.3 Å². The normalized spacial score (nSPS) is 12.6. The van der Waals surface area contributed by atoms with Crippen LogP contribution in [0.2, 0.25) is 0 Å². The highest BCUT2D eigenvalue weighted by Gasteiger charge is 2.09. The number of nitrogens with one attached hydrogen (secondary N) is 1. The Morgan fingerprint density at radius 2 is 2.15 bits per heavy atom. The number of nitrogens with two attached hydrogens (primary N) is 1. The molecular weight excluding hydrogens is 256 g/mol. The van der Waals surface area contributed by atoms with Crippen LogP contribution in [0.4, 0.5) is 11.9 Å². The summed E-state index contributed by atoms with van der Waals surface area (Å²) in [4.78, 5) is 18.6. The largest absolute Gasteiger partial charge is 0.368 e. The Balaban J connectivity index is 2.08. The Morgan fingerprint density at radius 3 is 2.80 bits per heavy atom. The number of nitrogen functional groups attached to an aromatic ring is 1. The van der Waals surface area contributed by atoms with Gasteiger partial charge in [0, 0.05) is 18.4 Å². The molecule has 8 nitrogen and oxygen atoms in total. The SMILES string of the molecule is CC(CCN(C)C)Nc1nc(N)nc(-n2ccnc2)n1. The first-order valence-electron chi connectivity index (χ1n) is 6.45. The van der Waals surface area contributed by atoms with Crippen molar-refractivity contribution >= 4 is 11.9 Å². The molecule has 0 saturated heterocycles.